The summed E-state index contributed by atoms with van der Waals surface area (Å²) in [4.78, 5) is 39.0. The average Bonchev–Trinajstić information content (AvgIpc) is 2.75. The fourth-order valence-electron chi connectivity index (χ4n) is 3.07. The number of hydrogen-bond donors (Lipinski definition) is 1. The SMILES string of the molecule is COc1ccc(-n2nc(C(=O)NC(C)C)c(=O)n(Cc3cccc(Cl)c3)c2=O)cc1OC. The maximum Gasteiger partial charge on any atom is 0.352 e. The van der Waals surface area contributed by atoms with Crippen LogP contribution in [0.5, 0.6) is 11.5 Å². The zero-order chi connectivity index (χ0) is 23.4. The molecule has 0 saturated heterocycles. The van der Waals surface area contributed by atoms with Gasteiger partial charge in [-0.2, -0.15) is 9.78 Å². The maximum atomic E-state index is 13.3. The molecule has 3 aromatic rings. The van der Waals surface area contributed by atoms with Crippen molar-refractivity contribution in [2.24, 2.45) is 0 Å². The number of hydrogen-bond acceptors (Lipinski definition) is 6. The monoisotopic (exact) mass is 458 g/mol. The molecule has 0 saturated carbocycles. The van der Waals surface area contributed by atoms with Gasteiger partial charge >= 0.3 is 5.69 Å². The number of carbonyl (C=O) groups is 1. The van der Waals surface area contributed by atoms with Crippen LogP contribution in [0.15, 0.2) is 52.1 Å². The van der Waals surface area contributed by atoms with E-state index in [0.717, 1.165) is 9.25 Å². The topological polar surface area (TPSA) is 104 Å². The molecular formula is C22H23ClN4O5. The Morgan fingerprint density at radius 3 is 2.44 bits per heavy atom. The molecule has 9 nitrogen and oxygen atoms in total. The summed E-state index contributed by atoms with van der Waals surface area (Å²) in [6.45, 7) is 3.43. The minimum absolute atomic E-state index is 0.0873. The minimum Gasteiger partial charge on any atom is -0.493 e. The maximum absolute atomic E-state index is 13.3. The van der Waals surface area contributed by atoms with E-state index in [4.69, 9.17) is 21.1 Å². The van der Waals surface area contributed by atoms with Gasteiger partial charge in [-0.15, -0.1) is 0 Å². The molecule has 0 radical (unpaired) electrons. The van der Waals surface area contributed by atoms with E-state index in [-0.39, 0.29) is 12.6 Å². The predicted octanol–water partition coefficient (Wildman–Crippen LogP) is 2.25. The second kappa shape index (κ2) is 9.69. The van der Waals surface area contributed by atoms with Crippen LogP contribution in [-0.2, 0) is 6.54 Å². The van der Waals surface area contributed by atoms with Crippen molar-refractivity contribution in [1.82, 2.24) is 19.7 Å². The van der Waals surface area contributed by atoms with Crippen LogP contribution in [0.4, 0.5) is 0 Å². The lowest BCUT2D eigenvalue weighted by atomic mass is 10.2. The number of amides is 1. The fourth-order valence-corrected chi connectivity index (χ4v) is 3.28. The van der Waals surface area contributed by atoms with E-state index >= 15 is 0 Å². The Hall–Kier alpha value is -3.59. The van der Waals surface area contributed by atoms with E-state index < -0.39 is 22.9 Å². The van der Waals surface area contributed by atoms with Gasteiger partial charge in [0.2, 0.25) is 5.69 Å². The summed E-state index contributed by atoms with van der Waals surface area (Å²) in [6, 6.07) is 11.2. The molecule has 32 heavy (non-hydrogen) atoms. The van der Waals surface area contributed by atoms with E-state index in [9.17, 15) is 14.4 Å². The number of methoxy groups -OCH3 is 2. The van der Waals surface area contributed by atoms with Crippen molar-refractivity contribution in [2.75, 3.05) is 14.2 Å². The molecule has 0 aliphatic heterocycles. The van der Waals surface area contributed by atoms with Gasteiger partial charge in [0.25, 0.3) is 11.5 Å². The number of nitrogens with one attached hydrogen (secondary N) is 1. The molecule has 0 atom stereocenters. The number of nitrogens with zero attached hydrogens (tertiary/aromatic N) is 3. The van der Waals surface area contributed by atoms with Gasteiger partial charge in [-0.3, -0.25) is 14.2 Å². The molecule has 1 aromatic heterocycles. The lowest BCUT2D eigenvalue weighted by Crippen LogP contribution is -2.46. The second-order valence-electron chi connectivity index (χ2n) is 7.23. The van der Waals surface area contributed by atoms with Crippen molar-refractivity contribution in [3.05, 3.63) is 79.6 Å². The van der Waals surface area contributed by atoms with Crippen molar-refractivity contribution in [3.8, 4) is 17.2 Å². The van der Waals surface area contributed by atoms with E-state index in [2.05, 4.69) is 10.4 Å². The van der Waals surface area contributed by atoms with E-state index in [1.54, 1.807) is 50.2 Å². The van der Waals surface area contributed by atoms with Crippen LogP contribution in [0.1, 0.15) is 29.9 Å². The predicted molar refractivity (Wildman–Crippen MR) is 120 cm³/mol. The number of ether oxygens (including phenoxy) is 2. The van der Waals surface area contributed by atoms with Crippen LogP contribution in [0.25, 0.3) is 5.69 Å². The Bertz CT molecular complexity index is 1270. The van der Waals surface area contributed by atoms with Crippen molar-refractivity contribution in [1.29, 1.82) is 0 Å². The van der Waals surface area contributed by atoms with E-state index in [1.165, 1.54) is 20.3 Å². The van der Waals surface area contributed by atoms with Crippen molar-refractivity contribution in [3.63, 3.8) is 0 Å². The molecule has 1 N–H and O–H groups in total. The molecule has 1 heterocycles. The molecule has 0 spiro atoms. The zero-order valence-corrected chi connectivity index (χ0v) is 18.8. The average molecular weight is 459 g/mol. The summed E-state index contributed by atoms with van der Waals surface area (Å²) >= 11 is 6.05. The number of benzene rings is 2. The standard InChI is InChI=1S/C22H23ClN4O5/c1-13(2)24-20(28)19-21(29)26(12-14-6-5-7-15(23)10-14)22(30)27(25-19)16-8-9-17(31-3)18(11-16)32-4/h5-11,13H,12H2,1-4H3,(H,24,28). The third-order valence-electron chi connectivity index (χ3n) is 4.54. The fraction of sp³-hybridized carbons (Fsp3) is 0.273. The number of rotatable bonds is 7. The van der Waals surface area contributed by atoms with Gasteiger partial charge in [0.15, 0.2) is 11.5 Å². The molecule has 2 aromatic carbocycles. The molecule has 168 valence electrons. The molecule has 0 aliphatic rings. The Labute approximate surface area is 189 Å². The number of carbonyl (C=O) groups excluding carboxylic acids is 1. The van der Waals surface area contributed by atoms with E-state index in [0.29, 0.717) is 27.8 Å². The smallest absolute Gasteiger partial charge is 0.352 e. The molecule has 0 fully saturated rings. The Morgan fingerprint density at radius 1 is 1.09 bits per heavy atom. The number of halogens is 1. The van der Waals surface area contributed by atoms with E-state index in [1.807, 2.05) is 0 Å². The highest BCUT2D eigenvalue weighted by atomic mass is 35.5. The van der Waals surface area contributed by atoms with Crippen molar-refractivity contribution >= 4 is 17.5 Å². The summed E-state index contributed by atoms with van der Waals surface area (Å²) < 4.78 is 12.5. The molecule has 10 heteroatoms. The van der Waals surface area contributed by atoms with Crippen molar-refractivity contribution < 1.29 is 14.3 Å². The van der Waals surface area contributed by atoms with Gasteiger partial charge in [0.05, 0.1) is 26.5 Å². The Morgan fingerprint density at radius 2 is 1.81 bits per heavy atom. The first kappa shape index (κ1) is 23.1. The van der Waals surface area contributed by atoms with Gasteiger partial charge in [0.1, 0.15) is 0 Å². The van der Waals surface area contributed by atoms with Gasteiger partial charge in [-0.1, -0.05) is 23.7 Å². The molecule has 3 rings (SSSR count). The highest BCUT2D eigenvalue weighted by Gasteiger charge is 2.21. The minimum atomic E-state index is -0.801. The third kappa shape index (κ3) is 4.83. The summed E-state index contributed by atoms with van der Waals surface area (Å²) in [7, 11) is 2.95. The third-order valence-corrected chi connectivity index (χ3v) is 4.77. The Kier molecular flexibility index (Phi) is 6.99. The molecule has 0 bridgehead atoms. The van der Waals surface area contributed by atoms with Crippen LogP contribution >= 0.6 is 11.6 Å². The van der Waals surface area contributed by atoms with Gasteiger partial charge in [-0.25, -0.2) is 4.79 Å². The lowest BCUT2D eigenvalue weighted by Gasteiger charge is -2.14. The Balaban J connectivity index is 2.24. The van der Waals surface area contributed by atoms with Crippen LogP contribution in [0, 0.1) is 0 Å². The van der Waals surface area contributed by atoms with Crippen molar-refractivity contribution in [2.45, 2.75) is 26.4 Å². The quantitative estimate of drug-likeness (QED) is 0.582. The largest absolute Gasteiger partial charge is 0.493 e. The molecule has 0 aliphatic carbocycles. The summed E-state index contributed by atoms with van der Waals surface area (Å²) in [5, 5.41) is 7.19. The zero-order valence-electron chi connectivity index (χ0n) is 18.1. The second-order valence-corrected chi connectivity index (χ2v) is 7.67. The normalized spacial score (nSPS) is 10.8. The highest BCUT2D eigenvalue weighted by Crippen LogP contribution is 2.28. The first-order valence-electron chi connectivity index (χ1n) is 9.77. The molecular weight excluding hydrogens is 436 g/mol. The van der Waals surface area contributed by atoms with Gasteiger partial charge in [0, 0.05) is 17.1 Å². The number of aromatic nitrogens is 3. The van der Waals surface area contributed by atoms with Crippen LogP contribution in [-0.4, -0.2) is 40.5 Å². The lowest BCUT2D eigenvalue weighted by molar-refractivity contribution is 0.0933. The highest BCUT2D eigenvalue weighted by molar-refractivity contribution is 6.30. The summed E-state index contributed by atoms with van der Waals surface area (Å²) in [6.07, 6.45) is 0. The molecule has 0 unspecified atom stereocenters. The first-order valence-corrected chi connectivity index (χ1v) is 10.1. The van der Waals surface area contributed by atoms with Gasteiger partial charge < -0.3 is 14.8 Å². The van der Waals surface area contributed by atoms with Crippen LogP contribution in [0.2, 0.25) is 5.02 Å². The molecule has 1 amide bonds. The summed E-state index contributed by atoms with van der Waals surface area (Å²) in [5.74, 6) is 0.132. The van der Waals surface area contributed by atoms with Crippen LogP contribution < -0.4 is 26.0 Å². The van der Waals surface area contributed by atoms with Crippen LogP contribution in [0.3, 0.4) is 0 Å². The first-order chi connectivity index (χ1) is 15.2. The summed E-state index contributed by atoms with van der Waals surface area (Å²) in [5.41, 5.74) is -1.01. The van der Waals surface area contributed by atoms with Gasteiger partial charge in [-0.05, 0) is 43.7 Å².